The zero-order chi connectivity index (χ0) is 13.0. The Bertz CT molecular complexity index is 566. The van der Waals surface area contributed by atoms with Crippen LogP contribution in [0.4, 0.5) is 11.4 Å². The molecule has 0 aliphatic heterocycles. The number of benzene rings is 2. The normalized spacial score (nSPS) is 10.1. The van der Waals surface area contributed by atoms with Gasteiger partial charge in [-0.1, -0.05) is 41.9 Å². The van der Waals surface area contributed by atoms with Crippen LogP contribution in [0.5, 0.6) is 0 Å². The molecular weight excluding hydrogens is 246 g/mol. The van der Waals surface area contributed by atoms with E-state index in [0.717, 1.165) is 16.9 Å². The van der Waals surface area contributed by atoms with Crippen molar-refractivity contribution in [3.05, 3.63) is 59.1 Å². The lowest BCUT2D eigenvalue weighted by molar-refractivity contribution is -0.116. The molecule has 1 N–H and O–H groups in total. The molecule has 0 unspecified atom stereocenters. The third kappa shape index (κ3) is 3.11. The Morgan fingerprint density at radius 2 is 1.67 bits per heavy atom. The van der Waals surface area contributed by atoms with Gasteiger partial charge in [-0.2, -0.15) is 0 Å². The Balaban J connectivity index is 2.29. The number of nitrogens with one attached hydrogen (secondary N) is 1. The molecule has 0 aromatic heterocycles. The zero-order valence-corrected chi connectivity index (χ0v) is 10.9. The number of carbonyl (C=O) groups excluding carboxylic acids is 1. The quantitative estimate of drug-likeness (QED) is 0.891. The number of rotatable bonds is 4. The number of carbonyl (C=O) groups is 1. The summed E-state index contributed by atoms with van der Waals surface area (Å²) in [4.78, 5) is 11.2. The number of Topliss-reactive ketones (excluding diaryl/α,β-unsaturated/α-hetero) is 1. The van der Waals surface area contributed by atoms with Crippen molar-refractivity contribution >= 4 is 28.8 Å². The van der Waals surface area contributed by atoms with Crippen LogP contribution in [0, 0.1) is 0 Å². The van der Waals surface area contributed by atoms with Crippen molar-refractivity contribution in [3.8, 4) is 0 Å². The lowest BCUT2D eigenvalue weighted by Gasteiger charge is -2.12. The molecular formula is C15H14ClNO. The minimum absolute atomic E-state index is 0.142. The molecule has 18 heavy (non-hydrogen) atoms. The number of hydrogen-bond donors (Lipinski definition) is 1. The van der Waals surface area contributed by atoms with Gasteiger partial charge in [-0.3, -0.25) is 4.79 Å². The number of anilines is 2. The third-order valence-corrected chi connectivity index (χ3v) is 2.93. The Hall–Kier alpha value is -1.80. The van der Waals surface area contributed by atoms with E-state index in [1.54, 1.807) is 6.92 Å². The average molecular weight is 260 g/mol. The summed E-state index contributed by atoms with van der Waals surface area (Å²) in [5, 5.41) is 3.92. The fourth-order valence-electron chi connectivity index (χ4n) is 1.77. The second-order valence-electron chi connectivity index (χ2n) is 4.14. The smallest absolute Gasteiger partial charge is 0.134 e. The van der Waals surface area contributed by atoms with Crippen LogP contribution >= 0.6 is 11.6 Å². The summed E-state index contributed by atoms with van der Waals surface area (Å²) in [5.41, 5.74) is 2.74. The molecule has 3 heteroatoms. The van der Waals surface area contributed by atoms with Crippen molar-refractivity contribution in [2.75, 3.05) is 5.32 Å². The molecule has 92 valence electrons. The van der Waals surface area contributed by atoms with Gasteiger partial charge in [0.15, 0.2) is 0 Å². The van der Waals surface area contributed by atoms with E-state index < -0.39 is 0 Å². The van der Waals surface area contributed by atoms with Gasteiger partial charge in [-0.25, -0.2) is 0 Å². The molecule has 0 spiro atoms. The van der Waals surface area contributed by atoms with Gasteiger partial charge >= 0.3 is 0 Å². The molecule has 0 saturated heterocycles. The van der Waals surface area contributed by atoms with E-state index in [4.69, 9.17) is 11.6 Å². The zero-order valence-electron chi connectivity index (χ0n) is 10.1. The van der Waals surface area contributed by atoms with Gasteiger partial charge in [0.1, 0.15) is 5.78 Å². The van der Waals surface area contributed by atoms with Crippen molar-refractivity contribution in [1.82, 2.24) is 0 Å². The molecule has 2 nitrogen and oxygen atoms in total. The highest BCUT2D eigenvalue weighted by Gasteiger charge is 2.06. The van der Waals surface area contributed by atoms with Gasteiger partial charge in [-0.05, 0) is 30.7 Å². The largest absolute Gasteiger partial charge is 0.354 e. The fraction of sp³-hybridized carbons (Fsp3) is 0.133. The Morgan fingerprint density at radius 3 is 2.33 bits per heavy atom. The minimum atomic E-state index is 0.142. The van der Waals surface area contributed by atoms with Crippen LogP contribution in [0.2, 0.25) is 5.02 Å². The summed E-state index contributed by atoms with van der Waals surface area (Å²) in [6, 6.07) is 15.3. The number of hydrogen-bond acceptors (Lipinski definition) is 2. The van der Waals surface area contributed by atoms with Gasteiger partial charge in [0, 0.05) is 12.1 Å². The van der Waals surface area contributed by atoms with Gasteiger partial charge in [0.25, 0.3) is 0 Å². The standard InChI is InChI=1S/C15H14ClNO/c1-11(18)10-12-6-2-4-8-14(12)17-15-9-5-3-7-13(15)16/h2-9,17H,10H2,1H3. The van der Waals surface area contributed by atoms with Gasteiger partial charge in [0.05, 0.1) is 10.7 Å². The summed E-state index contributed by atoms with van der Waals surface area (Å²) in [5.74, 6) is 0.142. The second kappa shape index (κ2) is 5.69. The predicted molar refractivity (Wildman–Crippen MR) is 75.6 cm³/mol. The van der Waals surface area contributed by atoms with Crippen LogP contribution in [0.1, 0.15) is 12.5 Å². The highest BCUT2D eigenvalue weighted by atomic mass is 35.5. The first-order valence-electron chi connectivity index (χ1n) is 5.75. The number of ketones is 1. The molecule has 0 amide bonds. The van der Waals surface area contributed by atoms with E-state index in [9.17, 15) is 4.79 Å². The van der Waals surface area contributed by atoms with E-state index in [-0.39, 0.29) is 5.78 Å². The molecule has 0 atom stereocenters. The first kappa shape index (κ1) is 12.7. The molecule has 0 aliphatic rings. The van der Waals surface area contributed by atoms with Gasteiger partial charge in [-0.15, -0.1) is 0 Å². The monoisotopic (exact) mass is 259 g/mol. The summed E-state index contributed by atoms with van der Waals surface area (Å²) in [6.07, 6.45) is 0.424. The molecule has 2 aromatic carbocycles. The highest BCUT2D eigenvalue weighted by molar-refractivity contribution is 6.33. The van der Waals surface area contributed by atoms with Gasteiger partial charge in [0.2, 0.25) is 0 Å². The van der Waals surface area contributed by atoms with E-state index in [2.05, 4.69) is 5.32 Å². The summed E-state index contributed by atoms with van der Waals surface area (Å²) in [7, 11) is 0. The Kier molecular flexibility index (Phi) is 4.00. The Labute approximate surface area is 112 Å². The maximum atomic E-state index is 11.2. The van der Waals surface area contributed by atoms with Crippen molar-refractivity contribution in [3.63, 3.8) is 0 Å². The molecule has 0 aliphatic carbocycles. The van der Waals surface area contributed by atoms with Crippen molar-refractivity contribution < 1.29 is 4.79 Å². The molecule has 0 fully saturated rings. The lowest BCUT2D eigenvalue weighted by atomic mass is 10.1. The Morgan fingerprint density at radius 1 is 1.06 bits per heavy atom. The van der Waals surface area contributed by atoms with E-state index in [1.165, 1.54) is 0 Å². The highest BCUT2D eigenvalue weighted by Crippen LogP contribution is 2.27. The maximum absolute atomic E-state index is 11.2. The van der Waals surface area contributed by atoms with E-state index >= 15 is 0 Å². The van der Waals surface area contributed by atoms with Crippen LogP contribution in [-0.2, 0) is 11.2 Å². The topological polar surface area (TPSA) is 29.1 Å². The molecule has 0 saturated carbocycles. The summed E-state index contributed by atoms with van der Waals surface area (Å²) < 4.78 is 0. The van der Waals surface area contributed by atoms with Crippen LogP contribution in [-0.4, -0.2) is 5.78 Å². The van der Waals surface area contributed by atoms with E-state index in [0.29, 0.717) is 11.4 Å². The number of para-hydroxylation sites is 2. The molecule has 2 rings (SSSR count). The average Bonchev–Trinajstić information content (AvgIpc) is 2.34. The molecule has 0 heterocycles. The minimum Gasteiger partial charge on any atom is -0.354 e. The van der Waals surface area contributed by atoms with Crippen molar-refractivity contribution in [2.24, 2.45) is 0 Å². The van der Waals surface area contributed by atoms with Crippen LogP contribution < -0.4 is 5.32 Å². The first-order valence-corrected chi connectivity index (χ1v) is 6.13. The maximum Gasteiger partial charge on any atom is 0.134 e. The molecule has 2 aromatic rings. The van der Waals surface area contributed by atoms with Crippen molar-refractivity contribution in [1.29, 1.82) is 0 Å². The number of halogens is 1. The molecule has 0 bridgehead atoms. The van der Waals surface area contributed by atoms with E-state index in [1.807, 2.05) is 48.5 Å². The fourth-order valence-corrected chi connectivity index (χ4v) is 1.96. The van der Waals surface area contributed by atoms with Crippen LogP contribution in [0.25, 0.3) is 0 Å². The van der Waals surface area contributed by atoms with Crippen LogP contribution in [0.15, 0.2) is 48.5 Å². The molecule has 0 radical (unpaired) electrons. The first-order chi connectivity index (χ1) is 8.66. The third-order valence-electron chi connectivity index (χ3n) is 2.60. The summed E-state index contributed by atoms with van der Waals surface area (Å²) >= 11 is 6.10. The van der Waals surface area contributed by atoms with Crippen molar-refractivity contribution in [2.45, 2.75) is 13.3 Å². The van der Waals surface area contributed by atoms with Gasteiger partial charge < -0.3 is 5.32 Å². The SMILES string of the molecule is CC(=O)Cc1ccccc1Nc1ccccc1Cl. The summed E-state index contributed by atoms with van der Waals surface area (Å²) in [6.45, 7) is 1.59. The van der Waals surface area contributed by atoms with Crippen LogP contribution in [0.3, 0.4) is 0 Å². The second-order valence-corrected chi connectivity index (χ2v) is 4.55. The predicted octanol–water partition coefficient (Wildman–Crippen LogP) is 4.22. The lowest BCUT2D eigenvalue weighted by Crippen LogP contribution is -2.01.